The minimum atomic E-state index is -0.389. The molecule has 3 aromatic rings. The zero-order chi connectivity index (χ0) is 31.7. The summed E-state index contributed by atoms with van der Waals surface area (Å²) in [6.07, 6.45) is 5.06. The van der Waals surface area contributed by atoms with Crippen molar-refractivity contribution in [2.75, 3.05) is 83.0 Å². The summed E-state index contributed by atoms with van der Waals surface area (Å²) in [7, 11) is 5.70. The molecule has 12 heteroatoms. The number of benzene rings is 2. The molecule has 2 aromatic carbocycles. The monoisotopic (exact) mass is 697 g/mol. The van der Waals surface area contributed by atoms with Crippen molar-refractivity contribution in [1.29, 1.82) is 0 Å². The van der Waals surface area contributed by atoms with E-state index >= 15 is 0 Å². The molecule has 0 amide bonds. The van der Waals surface area contributed by atoms with Crippen molar-refractivity contribution in [3.8, 4) is 11.5 Å². The first-order valence-electron chi connectivity index (χ1n) is 15.7. The lowest BCUT2D eigenvalue weighted by Gasteiger charge is -2.49. The lowest BCUT2D eigenvalue weighted by atomic mass is 9.96. The second-order valence-electron chi connectivity index (χ2n) is 12.4. The summed E-state index contributed by atoms with van der Waals surface area (Å²) in [6, 6.07) is 11.8. The molecular weight excluding hydrogens is 653 g/mol. The summed E-state index contributed by atoms with van der Waals surface area (Å²) in [4.78, 5) is 17.0. The molecule has 0 spiro atoms. The van der Waals surface area contributed by atoms with Gasteiger partial charge in [0, 0.05) is 61.9 Å². The molecule has 2 N–H and O–H groups in total. The van der Waals surface area contributed by atoms with E-state index in [1.807, 2.05) is 18.2 Å². The number of ether oxygens (including phenoxy) is 3. The highest BCUT2D eigenvalue weighted by molar-refractivity contribution is 9.10. The maximum atomic E-state index is 6.00. The molecule has 0 aliphatic carbocycles. The number of aromatic nitrogens is 2. The van der Waals surface area contributed by atoms with Crippen molar-refractivity contribution in [2.45, 2.75) is 44.1 Å². The number of methoxy groups -OCH3 is 1. The number of likely N-dealkylation sites (tertiary alicyclic amines) is 1. The number of hydrogen-bond acceptors (Lipinski definition) is 10. The van der Waals surface area contributed by atoms with Crippen molar-refractivity contribution in [3.63, 3.8) is 0 Å². The molecule has 2 fully saturated rings. The Balaban J connectivity index is 1.19. The zero-order valence-electron chi connectivity index (χ0n) is 27.1. The van der Waals surface area contributed by atoms with E-state index < -0.39 is 0 Å². The van der Waals surface area contributed by atoms with Crippen LogP contribution in [-0.2, 0) is 11.2 Å². The average molecular weight is 699 g/mol. The Bertz CT molecular complexity index is 1500. The van der Waals surface area contributed by atoms with Gasteiger partial charge in [-0.15, -0.1) is 0 Å². The van der Waals surface area contributed by atoms with Gasteiger partial charge in [0.1, 0.15) is 23.2 Å². The van der Waals surface area contributed by atoms with Gasteiger partial charge < -0.3 is 34.6 Å². The van der Waals surface area contributed by atoms with Crippen LogP contribution in [0, 0.1) is 0 Å². The standard InChI is InChI=1S/C33H45BrN7O3P/c1-7-21-15-26(29(42-4)16-27(21)40-13-11-22(12-14-40)41-18-23(19-41)39(2)3)37-33-35-17-24(34)31(38-33)36-25-9-8-10-28-30(25)32(45(5)6)44-20-43-28/h8-10,15-17,22-23,32H,7,11-14,18-20H2,1-6H3,(H2,35,36,37,38). The maximum Gasteiger partial charge on any atom is 0.229 e. The summed E-state index contributed by atoms with van der Waals surface area (Å²) in [6.45, 7) is 11.4. The number of hydrogen-bond donors (Lipinski definition) is 2. The molecule has 0 radical (unpaired) electrons. The molecule has 2 saturated heterocycles. The molecule has 4 heterocycles. The van der Waals surface area contributed by atoms with Crippen molar-refractivity contribution in [1.82, 2.24) is 19.8 Å². The van der Waals surface area contributed by atoms with E-state index in [1.165, 1.54) is 37.2 Å². The summed E-state index contributed by atoms with van der Waals surface area (Å²) >= 11 is 3.64. The molecule has 0 bridgehead atoms. The number of aryl methyl sites for hydroxylation is 1. The van der Waals surface area contributed by atoms with Gasteiger partial charge in [-0.1, -0.05) is 20.9 Å². The van der Waals surface area contributed by atoms with E-state index in [0.29, 0.717) is 23.8 Å². The zero-order valence-corrected chi connectivity index (χ0v) is 29.6. The minimum absolute atomic E-state index is 0.0159. The molecule has 242 valence electrons. The second-order valence-corrected chi connectivity index (χ2v) is 15.7. The predicted molar refractivity (Wildman–Crippen MR) is 187 cm³/mol. The lowest BCUT2D eigenvalue weighted by molar-refractivity contribution is -0.0229. The van der Waals surface area contributed by atoms with E-state index in [4.69, 9.17) is 19.2 Å². The number of piperidine rings is 1. The number of nitrogens with zero attached hydrogens (tertiary/aromatic N) is 5. The predicted octanol–water partition coefficient (Wildman–Crippen LogP) is 6.62. The Morgan fingerprint density at radius 3 is 2.58 bits per heavy atom. The maximum absolute atomic E-state index is 6.00. The van der Waals surface area contributed by atoms with Gasteiger partial charge in [-0.25, -0.2) is 4.98 Å². The van der Waals surface area contributed by atoms with Crippen LogP contribution in [-0.4, -0.2) is 99.4 Å². The van der Waals surface area contributed by atoms with Gasteiger partial charge >= 0.3 is 0 Å². The van der Waals surface area contributed by atoms with E-state index in [2.05, 4.69) is 92.7 Å². The van der Waals surface area contributed by atoms with E-state index in [9.17, 15) is 0 Å². The Morgan fingerprint density at radius 2 is 1.89 bits per heavy atom. The average Bonchev–Trinajstić information content (AvgIpc) is 3.01. The number of likely N-dealkylation sites (N-methyl/N-ethyl adjacent to an activating group) is 1. The van der Waals surface area contributed by atoms with Crippen LogP contribution in [0.15, 0.2) is 41.0 Å². The molecule has 1 aromatic heterocycles. The molecule has 6 rings (SSSR count). The molecule has 0 saturated carbocycles. The molecule has 10 nitrogen and oxygen atoms in total. The number of fused-ring (bicyclic) bond motifs is 1. The van der Waals surface area contributed by atoms with Crippen LogP contribution in [0.4, 0.5) is 28.8 Å². The van der Waals surface area contributed by atoms with Crippen LogP contribution in [0.5, 0.6) is 11.5 Å². The van der Waals surface area contributed by atoms with Crippen LogP contribution in [0.1, 0.15) is 36.7 Å². The Hall–Kier alpha value is -2.69. The fraction of sp³-hybridized carbons (Fsp3) is 0.515. The van der Waals surface area contributed by atoms with Crippen LogP contribution in [0.3, 0.4) is 0 Å². The molecular formula is C33H45BrN7O3P. The van der Waals surface area contributed by atoms with Gasteiger partial charge in [-0.3, -0.25) is 4.90 Å². The van der Waals surface area contributed by atoms with Gasteiger partial charge in [-0.2, -0.15) is 4.98 Å². The summed E-state index contributed by atoms with van der Waals surface area (Å²) < 4.78 is 18.5. The highest BCUT2D eigenvalue weighted by Crippen LogP contribution is 2.53. The number of rotatable bonds is 10. The topological polar surface area (TPSA) is 87.2 Å². The number of halogens is 1. The van der Waals surface area contributed by atoms with Gasteiger partial charge in [0.2, 0.25) is 5.95 Å². The van der Waals surface area contributed by atoms with Crippen LogP contribution in [0.25, 0.3) is 0 Å². The first-order chi connectivity index (χ1) is 21.7. The third kappa shape index (κ3) is 6.88. The largest absolute Gasteiger partial charge is 0.494 e. The number of nitrogens with one attached hydrogen (secondary N) is 2. The van der Waals surface area contributed by atoms with Crippen molar-refractivity contribution in [3.05, 3.63) is 52.1 Å². The van der Waals surface area contributed by atoms with Gasteiger partial charge in [-0.05, 0) is 86.4 Å². The van der Waals surface area contributed by atoms with Crippen LogP contribution < -0.4 is 25.0 Å². The Kier molecular flexibility index (Phi) is 10.0. The summed E-state index contributed by atoms with van der Waals surface area (Å²) in [5.74, 6) is 2.72. The number of anilines is 5. The third-order valence-electron chi connectivity index (χ3n) is 9.19. The fourth-order valence-corrected chi connectivity index (χ4v) is 7.92. The molecule has 3 aliphatic rings. The third-order valence-corrected chi connectivity index (χ3v) is 11.1. The quantitative estimate of drug-likeness (QED) is 0.226. The smallest absolute Gasteiger partial charge is 0.229 e. The molecule has 1 atom stereocenters. The van der Waals surface area contributed by atoms with Crippen LogP contribution in [0.2, 0.25) is 0 Å². The first-order valence-corrected chi connectivity index (χ1v) is 18.8. The fourth-order valence-electron chi connectivity index (χ4n) is 6.49. The summed E-state index contributed by atoms with van der Waals surface area (Å²) in [5, 5.41) is 6.95. The highest BCUT2D eigenvalue weighted by atomic mass is 79.9. The van der Waals surface area contributed by atoms with Crippen molar-refractivity contribution >= 4 is 52.7 Å². The summed E-state index contributed by atoms with van der Waals surface area (Å²) in [5.41, 5.74) is 5.31. The molecule has 45 heavy (non-hydrogen) atoms. The first kappa shape index (κ1) is 32.3. The lowest BCUT2D eigenvalue weighted by Crippen LogP contribution is -2.62. The van der Waals surface area contributed by atoms with Gasteiger partial charge in [0.15, 0.2) is 6.79 Å². The Labute approximate surface area is 276 Å². The van der Waals surface area contributed by atoms with Crippen molar-refractivity contribution in [2.24, 2.45) is 0 Å². The van der Waals surface area contributed by atoms with E-state index in [1.54, 1.807) is 13.3 Å². The normalized spacial score (nSPS) is 19.3. The minimum Gasteiger partial charge on any atom is -0.494 e. The Morgan fingerprint density at radius 1 is 1.11 bits per heavy atom. The second kappa shape index (κ2) is 14.0. The molecule has 3 aliphatic heterocycles. The van der Waals surface area contributed by atoms with Gasteiger partial charge in [0.25, 0.3) is 0 Å². The highest BCUT2D eigenvalue weighted by Gasteiger charge is 2.35. The SMILES string of the molecule is CCc1cc(Nc2ncc(Br)c(Nc3cccc4c3C(P(C)C)OCO4)n2)c(OC)cc1N1CCC(N2CC(N(C)C)C2)CC1. The van der Waals surface area contributed by atoms with Crippen LogP contribution >= 0.6 is 23.9 Å². The van der Waals surface area contributed by atoms with E-state index in [-0.39, 0.29) is 20.6 Å². The van der Waals surface area contributed by atoms with E-state index in [0.717, 1.165) is 52.4 Å². The van der Waals surface area contributed by atoms with Gasteiger partial charge in [0.05, 0.1) is 22.8 Å². The molecule has 1 unspecified atom stereocenters. The van der Waals surface area contributed by atoms with Crippen molar-refractivity contribution < 1.29 is 14.2 Å².